The van der Waals surface area contributed by atoms with Crippen LogP contribution in [0.15, 0.2) is 53.9 Å². The van der Waals surface area contributed by atoms with Crippen LogP contribution in [0.2, 0.25) is 5.02 Å². The smallest absolute Gasteiger partial charge is 0.322 e. The van der Waals surface area contributed by atoms with Crippen molar-refractivity contribution in [1.82, 2.24) is 14.7 Å². The molecule has 0 radical (unpaired) electrons. The highest BCUT2D eigenvalue weighted by Crippen LogP contribution is 2.33. The summed E-state index contributed by atoms with van der Waals surface area (Å²) in [5.74, 6) is 1.26. The summed E-state index contributed by atoms with van der Waals surface area (Å²) in [6.45, 7) is 6.29. The van der Waals surface area contributed by atoms with E-state index in [0.717, 1.165) is 48.5 Å². The second-order valence-corrected chi connectivity index (χ2v) is 11.3. The Kier molecular flexibility index (Phi) is 8.91. The predicted octanol–water partition coefficient (Wildman–Crippen LogP) is 5.60. The number of fused-ring (bicyclic) bond motifs is 1. The molecule has 1 N–H and O–H groups in total. The molecule has 2 aliphatic heterocycles. The first-order chi connectivity index (χ1) is 18.9. The first kappa shape index (κ1) is 27.3. The molecule has 1 aromatic heterocycles. The molecule has 3 aromatic rings. The van der Waals surface area contributed by atoms with Crippen LogP contribution in [-0.2, 0) is 17.9 Å². The number of hydrogen-bond donors (Lipinski definition) is 1. The van der Waals surface area contributed by atoms with Crippen LogP contribution in [0.5, 0.6) is 11.5 Å². The third-order valence-electron chi connectivity index (χ3n) is 7.04. The van der Waals surface area contributed by atoms with Gasteiger partial charge in [-0.3, -0.25) is 4.79 Å². The molecule has 206 valence electrons. The van der Waals surface area contributed by atoms with Gasteiger partial charge in [0.15, 0.2) is 11.5 Å². The molecule has 0 aliphatic carbocycles. The van der Waals surface area contributed by atoms with Crippen molar-refractivity contribution in [2.45, 2.75) is 32.9 Å². The van der Waals surface area contributed by atoms with Crippen LogP contribution in [0.1, 0.15) is 28.8 Å². The molecular weight excluding hydrogens is 536 g/mol. The van der Waals surface area contributed by atoms with E-state index in [9.17, 15) is 9.59 Å². The zero-order valence-electron chi connectivity index (χ0n) is 22.0. The van der Waals surface area contributed by atoms with E-state index in [0.29, 0.717) is 41.8 Å². The van der Waals surface area contributed by atoms with Crippen molar-refractivity contribution in [2.75, 3.05) is 44.8 Å². The van der Waals surface area contributed by atoms with E-state index in [1.165, 1.54) is 0 Å². The van der Waals surface area contributed by atoms with Crippen LogP contribution < -0.4 is 14.8 Å². The number of halogens is 1. The lowest BCUT2D eigenvalue weighted by molar-refractivity contribution is -0.133. The van der Waals surface area contributed by atoms with Crippen LogP contribution in [0.3, 0.4) is 0 Å². The number of hydrogen-bond acceptors (Lipinski definition) is 6. The topological polar surface area (TPSA) is 74.4 Å². The van der Waals surface area contributed by atoms with Gasteiger partial charge in [0.1, 0.15) is 6.54 Å². The fraction of sp³-hybridized carbons (Fsp3) is 0.379. The molecule has 1 fully saturated rings. The second-order valence-electron chi connectivity index (χ2n) is 9.88. The lowest BCUT2D eigenvalue weighted by atomic mass is 10.1. The number of anilines is 1. The molecule has 3 amide bonds. The summed E-state index contributed by atoms with van der Waals surface area (Å²) in [6, 6.07) is 14.5. The summed E-state index contributed by atoms with van der Waals surface area (Å²) < 4.78 is 11.0. The van der Waals surface area contributed by atoms with Gasteiger partial charge in [0, 0.05) is 35.2 Å². The van der Waals surface area contributed by atoms with Crippen LogP contribution in [0.25, 0.3) is 0 Å². The van der Waals surface area contributed by atoms with E-state index in [4.69, 9.17) is 21.1 Å². The maximum Gasteiger partial charge on any atom is 0.322 e. The van der Waals surface area contributed by atoms with Crippen LogP contribution >= 0.6 is 22.9 Å². The van der Waals surface area contributed by atoms with E-state index < -0.39 is 0 Å². The van der Waals surface area contributed by atoms with Crippen LogP contribution in [-0.4, -0.2) is 66.2 Å². The molecule has 0 spiro atoms. The number of carbonyl (C=O) groups is 2. The fourth-order valence-corrected chi connectivity index (χ4v) is 5.90. The first-order valence-corrected chi connectivity index (χ1v) is 14.4. The molecule has 39 heavy (non-hydrogen) atoms. The number of amides is 3. The van der Waals surface area contributed by atoms with Crippen molar-refractivity contribution < 1.29 is 19.1 Å². The Bertz CT molecular complexity index is 1310. The van der Waals surface area contributed by atoms with Crippen molar-refractivity contribution in [1.29, 1.82) is 0 Å². The second kappa shape index (κ2) is 12.7. The molecule has 2 aliphatic rings. The lowest BCUT2D eigenvalue weighted by Crippen LogP contribution is -2.46. The lowest BCUT2D eigenvalue weighted by Gasteiger charge is -2.29. The van der Waals surface area contributed by atoms with Crippen molar-refractivity contribution in [2.24, 2.45) is 0 Å². The van der Waals surface area contributed by atoms with Gasteiger partial charge in [-0.25, -0.2) is 4.79 Å². The Hall–Kier alpha value is -3.27. The highest BCUT2D eigenvalue weighted by atomic mass is 35.5. The number of urea groups is 1. The van der Waals surface area contributed by atoms with Gasteiger partial charge in [-0.1, -0.05) is 23.7 Å². The summed E-state index contributed by atoms with van der Waals surface area (Å²) in [7, 11) is 0. The first-order valence-electron chi connectivity index (χ1n) is 13.2. The standard InChI is InChI=1S/C29H33ClN4O4S/c1-21-9-14-39-27(21)18-34(17-22-7-8-25-26(15-22)38-20-37-25)28(35)19-33(13-12-32-10-2-3-11-32)29(36)31-24-6-4-5-23(30)16-24/h4-9,14-16H,2-3,10-13,17-20H2,1H3,(H,31,36). The SMILES string of the molecule is Cc1ccsc1CN(Cc1ccc2c(c1)OCO2)C(=O)CN(CCN1CCCC1)C(=O)Nc1cccc(Cl)c1. The molecule has 1 saturated heterocycles. The minimum atomic E-state index is -0.319. The normalized spacial score (nSPS) is 14.4. The van der Waals surface area contributed by atoms with Crippen molar-refractivity contribution in [3.8, 4) is 11.5 Å². The summed E-state index contributed by atoms with van der Waals surface area (Å²) in [5, 5.41) is 5.49. The van der Waals surface area contributed by atoms with Gasteiger partial charge in [-0.05, 0) is 85.8 Å². The van der Waals surface area contributed by atoms with Gasteiger partial charge in [-0.15, -0.1) is 11.3 Å². The van der Waals surface area contributed by atoms with E-state index in [1.54, 1.807) is 40.5 Å². The molecule has 10 heteroatoms. The minimum absolute atomic E-state index is 0.0325. The summed E-state index contributed by atoms with van der Waals surface area (Å²) >= 11 is 7.76. The van der Waals surface area contributed by atoms with Crippen LogP contribution in [0.4, 0.5) is 10.5 Å². The van der Waals surface area contributed by atoms with E-state index in [2.05, 4.69) is 23.2 Å². The molecule has 0 saturated carbocycles. The Morgan fingerprint density at radius 1 is 1.03 bits per heavy atom. The van der Waals surface area contributed by atoms with Crippen LogP contribution in [0, 0.1) is 6.92 Å². The molecule has 8 nitrogen and oxygen atoms in total. The third kappa shape index (κ3) is 7.23. The largest absolute Gasteiger partial charge is 0.454 e. The van der Waals surface area contributed by atoms with E-state index in [1.807, 2.05) is 28.5 Å². The van der Waals surface area contributed by atoms with Crippen molar-refractivity contribution >= 4 is 40.6 Å². The van der Waals surface area contributed by atoms with Gasteiger partial charge in [0.05, 0.1) is 6.54 Å². The van der Waals surface area contributed by atoms with E-state index >= 15 is 0 Å². The monoisotopic (exact) mass is 568 g/mol. The molecular formula is C29H33ClN4O4S. The Labute approximate surface area is 238 Å². The molecule has 0 unspecified atom stereocenters. The van der Waals surface area contributed by atoms with Gasteiger partial charge in [0.2, 0.25) is 12.7 Å². The molecule has 2 aromatic carbocycles. The third-order valence-corrected chi connectivity index (χ3v) is 8.28. The molecule has 0 atom stereocenters. The Balaban J connectivity index is 1.33. The number of likely N-dealkylation sites (tertiary alicyclic amines) is 1. The number of nitrogens with zero attached hydrogens (tertiary/aromatic N) is 3. The Morgan fingerprint density at radius 3 is 2.62 bits per heavy atom. The fourth-order valence-electron chi connectivity index (χ4n) is 4.78. The highest BCUT2D eigenvalue weighted by Gasteiger charge is 2.25. The minimum Gasteiger partial charge on any atom is -0.454 e. The highest BCUT2D eigenvalue weighted by molar-refractivity contribution is 7.10. The molecule has 0 bridgehead atoms. The predicted molar refractivity (Wildman–Crippen MR) is 154 cm³/mol. The number of nitrogens with one attached hydrogen (secondary N) is 1. The maximum absolute atomic E-state index is 13.9. The number of rotatable bonds is 10. The summed E-state index contributed by atoms with van der Waals surface area (Å²) in [5.41, 5.74) is 2.68. The average molecular weight is 569 g/mol. The van der Waals surface area contributed by atoms with Gasteiger partial charge >= 0.3 is 6.03 Å². The summed E-state index contributed by atoms with van der Waals surface area (Å²) in [4.78, 5) is 34.1. The molecule has 5 rings (SSSR count). The number of carbonyl (C=O) groups excluding carboxylic acids is 2. The van der Waals surface area contributed by atoms with Gasteiger partial charge in [0.25, 0.3) is 0 Å². The molecule has 3 heterocycles. The Morgan fingerprint density at radius 2 is 1.85 bits per heavy atom. The number of aryl methyl sites for hydroxylation is 1. The zero-order valence-corrected chi connectivity index (χ0v) is 23.6. The zero-order chi connectivity index (χ0) is 27.2. The number of benzene rings is 2. The van der Waals surface area contributed by atoms with Gasteiger partial charge in [-0.2, -0.15) is 0 Å². The van der Waals surface area contributed by atoms with Crippen molar-refractivity contribution in [3.05, 3.63) is 74.9 Å². The quantitative estimate of drug-likeness (QED) is 0.345. The number of thiophene rings is 1. The van der Waals surface area contributed by atoms with E-state index in [-0.39, 0.29) is 25.3 Å². The number of ether oxygens (including phenoxy) is 2. The summed E-state index contributed by atoms with van der Waals surface area (Å²) in [6.07, 6.45) is 2.33. The van der Waals surface area contributed by atoms with Gasteiger partial charge < -0.3 is 29.5 Å². The maximum atomic E-state index is 13.9. The van der Waals surface area contributed by atoms with Crippen molar-refractivity contribution in [3.63, 3.8) is 0 Å². The average Bonchev–Trinajstić information content (AvgIpc) is 3.69.